The third kappa shape index (κ3) is 6.77. The topological polar surface area (TPSA) is 39.1 Å². The van der Waals surface area contributed by atoms with Gasteiger partial charge in [-0.2, -0.15) is 5.10 Å². The molecule has 2 aliphatic heterocycles. The molecule has 5 aromatic carbocycles. The Bertz CT molecular complexity index is 2520. The fraction of sp³-hybridized carbons (Fsp3) is 0.407. The van der Waals surface area contributed by atoms with Crippen molar-refractivity contribution < 1.29 is 5.11 Å². The Morgan fingerprint density at radius 1 is 0.587 bits per heavy atom. The van der Waals surface area contributed by atoms with Crippen molar-refractivity contribution in [2.75, 3.05) is 11.6 Å². The van der Waals surface area contributed by atoms with E-state index in [0.717, 1.165) is 48.9 Å². The first kappa shape index (κ1) is 40.6. The van der Waals surface area contributed by atoms with E-state index in [2.05, 4.69) is 188 Å². The molecule has 5 aromatic rings. The molecular formula is C59H65N3O. The first-order valence-electron chi connectivity index (χ1n) is 24.3. The Morgan fingerprint density at radius 3 is 1.89 bits per heavy atom. The van der Waals surface area contributed by atoms with E-state index in [1.54, 1.807) is 0 Å². The van der Waals surface area contributed by atoms with E-state index in [-0.39, 0.29) is 17.5 Å². The van der Waals surface area contributed by atoms with E-state index in [0.29, 0.717) is 23.3 Å². The van der Waals surface area contributed by atoms with E-state index in [1.165, 1.54) is 84.0 Å². The van der Waals surface area contributed by atoms with Gasteiger partial charge < -0.3 is 10.0 Å². The van der Waals surface area contributed by atoms with Crippen LogP contribution in [0.4, 0.5) is 5.69 Å². The minimum atomic E-state index is -0.797. The molecule has 9 unspecified atom stereocenters. The maximum Gasteiger partial charge on any atom is 0.0878 e. The molecule has 11 rings (SSSR count). The lowest BCUT2D eigenvalue weighted by atomic mass is 9.40. The fourth-order valence-corrected chi connectivity index (χ4v) is 14.4. The second-order valence-electron chi connectivity index (χ2n) is 21.1. The lowest BCUT2D eigenvalue weighted by Gasteiger charge is -2.65. The van der Waals surface area contributed by atoms with Crippen molar-refractivity contribution in [3.8, 4) is 0 Å². The number of hydrazone groups is 1. The van der Waals surface area contributed by atoms with E-state index < -0.39 is 5.60 Å². The van der Waals surface area contributed by atoms with Gasteiger partial charge in [0.15, 0.2) is 0 Å². The first-order chi connectivity index (χ1) is 30.7. The number of nitrogens with zero attached hydrogens (tertiary/aromatic N) is 3. The third-order valence-electron chi connectivity index (χ3n) is 18.2. The Kier molecular flexibility index (Phi) is 10.2. The maximum atomic E-state index is 13.5. The van der Waals surface area contributed by atoms with Crippen LogP contribution in [-0.4, -0.2) is 27.9 Å². The van der Waals surface area contributed by atoms with E-state index >= 15 is 0 Å². The number of hydrogen-bond donors (Lipinski definition) is 1. The van der Waals surface area contributed by atoms with Crippen LogP contribution in [0.3, 0.4) is 0 Å². The SMILES string of the molecule is CC12CCCCC1(C)C1CCC3(C)C(CCC3(O)CN3C(c4ccccc4)=CC(c4ccc(N5N=C(c6ccccc6)CC5c5ccccc5)cc4)=CC3c3ccccc3)C1CC2. The van der Waals surface area contributed by atoms with Crippen molar-refractivity contribution >= 4 is 22.7 Å². The minimum Gasteiger partial charge on any atom is -0.387 e. The smallest absolute Gasteiger partial charge is 0.0878 e. The summed E-state index contributed by atoms with van der Waals surface area (Å²) in [4.78, 5) is 2.58. The van der Waals surface area contributed by atoms with E-state index in [4.69, 9.17) is 5.10 Å². The highest BCUT2D eigenvalue weighted by atomic mass is 16.3. The molecule has 0 bridgehead atoms. The van der Waals surface area contributed by atoms with Crippen LogP contribution in [0.1, 0.15) is 131 Å². The molecule has 0 radical (unpaired) electrons. The number of β-amino-alcohol motifs (C(OH)–C–C–N with tert-alkyl or cyclic N) is 1. The third-order valence-corrected chi connectivity index (χ3v) is 18.2. The molecule has 4 heteroatoms. The second-order valence-corrected chi connectivity index (χ2v) is 21.1. The van der Waals surface area contributed by atoms with Gasteiger partial charge in [-0.3, -0.25) is 5.01 Å². The highest BCUT2D eigenvalue weighted by Gasteiger charge is 2.66. The Hall–Kier alpha value is -5.19. The van der Waals surface area contributed by atoms with Crippen molar-refractivity contribution in [1.29, 1.82) is 0 Å². The summed E-state index contributed by atoms with van der Waals surface area (Å²) >= 11 is 0. The fourth-order valence-electron chi connectivity index (χ4n) is 14.4. The predicted octanol–water partition coefficient (Wildman–Crippen LogP) is 14.1. The zero-order valence-electron chi connectivity index (χ0n) is 37.7. The van der Waals surface area contributed by atoms with Gasteiger partial charge in [0.1, 0.15) is 0 Å². The first-order valence-corrected chi connectivity index (χ1v) is 24.3. The molecule has 4 saturated carbocycles. The predicted molar refractivity (Wildman–Crippen MR) is 260 cm³/mol. The minimum absolute atomic E-state index is 0.0419. The van der Waals surface area contributed by atoms with E-state index in [1.807, 2.05) is 0 Å². The van der Waals surface area contributed by atoms with Crippen LogP contribution in [0.25, 0.3) is 11.3 Å². The Balaban J connectivity index is 0.939. The van der Waals surface area contributed by atoms with Crippen molar-refractivity contribution in [3.63, 3.8) is 0 Å². The van der Waals surface area contributed by atoms with Gasteiger partial charge in [0.05, 0.1) is 29.1 Å². The summed E-state index contributed by atoms with van der Waals surface area (Å²) in [5, 5.41) is 21.0. The highest BCUT2D eigenvalue weighted by Crippen LogP contribution is 2.71. The largest absolute Gasteiger partial charge is 0.387 e. The summed E-state index contributed by atoms with van der Waals surface area (Å²) in [6, 6.07) is 52.5. The van der Waals surface area contributed by atoms with Gasteiger partial charge in [0.25, 0.3) is 0 Å². The quantitative estimate of drug-likeness (QED) is 0.169. The van der Waals surface area contributed by atoms with Crippen molar-refractivity contribution in [2.24, 2.45) is 39.1 Å². The van der Waals surface area contributed by atoms with Gasteiger partial charge in [-0.1, -0.05) is 167 Å². The summed E-state index contributed by atoms with van der Waals surface area (Å²) in [5.41, 5.74) is 10.6. The monoisotopic (exact) mass is 832 g/mol. The molecule has 322 valence electrons. The van der Waals surface area contributed by atoms with Crippen LogP contribution in [-0.2, 0) is 0 Å². The summed E-state index contributed by atoms with van der Waals surface area (Å²) < 4.78 is 0. The zero-order chi connectivity index (χ0) is 42.8. The summed E-state index contributed by atoms with van der Waals surface area (Å²) in [6.07, 6.45) is 18.4. The maximum absolute atomic E-state index is 13.5. The number of aliphatic hydroxyl groups is 1. The Labute approximate surface area is 376 Å². The van der Waals surface area contributed by atoms with E-state index in [9.17, 15) is 5.11 Å². The normalized spacial score (nSPS) is 33.7. The van der Waals surface area contributed by atoms with Gasteiger partial charge in [-0.25, -0.2) is 0 Å². The van der Waals surface area contributed by atoms with Crippen molar-refractivity contribution in [1.82, 2.24) is 4.90 Å². The van der Waals surface area contributed by atoms with Crippen molar-refractivity contribution in [3.05, 3.63) is 186 Å². The average molecular weight is 832 g/mol. The van der Waals surface area contributed by atoms with Gasteiger partial charge in [0, 0.05) is 24.1 Å². The number of hydrogen-bond acceptors (Lipinski definition) is 4. The molecule has 4 aliphatic carbocycles. The van der Waals surface area contributed by atoms with Gasteiger partial charge in [0.2, 0.25) is 0 Å². The van der Waals surface area contributed by atoms with Crippen LogP contribution in [0.2, 0.25) is 0 Å². The molecule has 1 N–H and O–H groups in total. The van der Waals surface area contributed by atoms with Gasteiger partial charge in [-0.05, 0) is 138 Å². The lowest BCUT2D eigenvalue weighted by molar-refractivity contribution is -0.178. The van der Waals surface area contributed by atoms with Crippen molar-refractivity contribution in [2.45, 2.75) is 109 Å². The number of fused-ring (bicyclic) bond motifs is 5. The summed E-state index contributed by atoms with van der Waals surface area (Å²) in [7, 11) is 0. The highest BCUT2D eigenvalue weighted by molar-refractivity contribution is 6.03. The van der Waals surface area contributed by atoms with Crippen LogP contribution in [0, 0.1) is 34.0 Å². The van der Waals surface area contributed by atoms with Crippen LogP contribution < -0.4 is 5.01 Å². The summed E-state index contributed by atoms with van der Waals surface area (Å²) in [6.45, 7) is 8.44. The molecular weight excluding hydrogens is 767 g/mol. The molecule has 0 saturated heterocycles. The molecule has 4 fully saturated rings. The molecule has 4 nitrogen and oxygen atoms in total. The molecule has 2 heterocycles. The number of rotatable bonds is 8. The number of anilines is 1. The molecule has 9 atom stereocenters. The Morgan fingerprint density at radius 2 is 1.19 bits per heavy atom. The van der Waals surface area contributed by atoms with Gasteiger partial charge >= 0.3 is 0 Å². The zero-order valence-corrected chi connectivity index (χ0v) is 37.7. The molecule has 0 spiro atoms. The van der Waals surface area contributed by atoms with Crippen LogP contribution >= 0.6 is 0 Å². The molecule has 63 heavy (non-hydrogen) atoms. The summed E-state index contributed by atoms with van der Waals surface area (Å²) in [5.74, 6) is 2.08. The number of allylic oxidation sites excluding steroid dienone is 2. The molecule has 6 aliphatic rings. The van der Waals surface area contributed by atoms with Crippen LogP contribution in [0.5, 0.6) is 0 Å². The number of benzene rings is 5. The standard InChI is InChI=1S/C59H65N3O/c1-56-33-16-17-34-57(56,2)50-31-36-58(3)51(49(50)30-35-56)32-37-59(58,63)41-61-53(44-20-10-5-11-21-44)38-47(39-54(61)45-22-12-6-13-23-45)42-26-28-48(29-27-42)62-55(46-24-14-7-15-25-46)40-52(60-62)43-18-8-4-9-19-43/h4-15,18-29,38-39,49-51,53,55,63H,16-17,30-37,40-41H2,1-3H3. The van der Waals surface area contributed by atoms with Crippen LogP contribution in [0.15, 0.2) is 163 Å². The molecule has 0 amide bonds. The average Bonchev–Trinajstić information content (AvgIpc) is 3.89. The van der Waals surface area contributed by atoms with Gasteiger partial charge in [-0.15, -0.1) is 0 Å². The lowest BCUT2D eigenvalue weighted by Crippen LogP contribution is -2.60. The second kappa shape index (κ2) is 15.8. The molecule has 0 aromatic heterocycles.